The van der Waals surface area contributed by atoms with Crippen molar-refractivity contribution in [2.75, 3.05) is 13.2 Å². The lowest BCUT2D eigenvalue weighted by Gasteiger charge is -2.40. The average molecular weight is 580 g/mol. The first-order valence-corrected chi connectivity index (χ1v) is 13.6. The lowest BCUT2D eigenvalue weighted by atomic mass is 10.0. The Labute approximate surface area is 209 Å². The Balaban J connectivity index is 1.58. The minimum atomic E-state index is -5.50. The van der Waals surface area contributed by atoms with Crippen LogP contribution in [0.3, 0.4) is 0 Å². The fourth-order valence-electron chi connectivity index (χ4n) is 3.45. The summed E-state index contributed by atoms with van der Waals surface area (Å²) in [6.07, 6.45) is -10.6. The van der Waals surface area contributed by atoms with E-state index in [0.717, 1.165) is 6.08 Å². The van der Waals surface area contributed by atoms with Crippen molar-refractivity contribution in [2.45, 2.75) is 54.4 Å². The number of aliphatic hydroxyl groups excluding tert-OH is 5. The van der Waals surface area contributed by atoms with E-state index in [4.69, 9.17) is 9.47 Å². The number of phosphoric ester groups is 2. The molecule has 3 rings (SSSR count). The van der Waals surface area contributed by atoms with Crippen LogP contribution in [0.2, 0.25) is 0 Å². The quantitative estimate of drug-likeness (QED) is 0.0963. The van der Waals surface area contributed by atoms with Gasteiger partial charge in [0.2, 0.25) is 0 Å². The van der Waals surface area contributed by atoms with Gasteiger partial charge in [-0.3, -0.25) is 13.8 Å². The number of hydrogen-bond donors (Lipinski definition) is 9. The molecule has 3 aliphatic heterocycles. The van der Waals surface area contributed by atoms with Crippen LogP contribution in [0.5, 0.6) is 0 Å². The number of ether oxygens (including phenoxy) is 2. The largest absolute Gasteiger partial charge is 0.483 e. The minimum absolute atomic E-state index is 0.0137. The van der Waals surface area contributed by atoms with E-state index in [-0.39, 0.29) is 5.82 Å². The highest BCUT2D eigenvalue weighted by Crippen LogP contribution is 2.61. The lowest BCUT2D eigenvalue weighted by molar-refractivity contribution is -0.241. The Morgan fingerprint density at radius 1 is 1.06 bits per heavy atom. The van der Waals surface area contributed by atoms with E-state index in [0.29, 0.717) is 0 Å². The summed E-state index contributed by atoms with van der Waals surface area (Å²) in [6.45, 7) is 1.94. The molecule has 2 fully saturated rings. The highest BCUT2D eigenvalue weighted by molar-refractivity contribution is 7.81. The van der Waals surface area contributed by atoms with E-state index >= 15 is 0 Å². The van der Waals surface area contributed by atoms with Crippen molar-refractivity contribution in [3.8, 4) is 0 Å². The summed E-state index contributed by atoms with van der Waals surface area (Å²) in [5, 5.41) is 50.9. The number of nitrogens with zero attached hydrogens (tertiary/aromatic N) is 1. The van der Waals surface area contributed by atoms with Gasteiger partial charge in [0, 0.05) is 12.3 Å². The number of aliphatic hydroxyl groups is 5. The number of hydrogen-bond acceptors (Lipinski definition) is 15. The molecule has 2 saturated heterocycles. The van der Waals surface area contributed by atoms with Gasteiger partial charge in [-0.05, 0) is 0 Å². The summed E-state index contributed by atoms with van der Waals surface area (Å²) in [4.78, 5) is 32.2. The Morgan fingerprint density at radius 3 is 2.33 bits per heavy atom. The molecule has 206 valence electrons. The molecule has 3 aliphatic rings. The summed E-state index contributed by atoms with van der Waals surface area (Å²) in [5.74, 6) is -0.476. The number of rotatable bonds is 9. The molecular formula is C16H26N2O15P2S. The second-order valence-corrected chi connectivity index (χ2v) is 11.4. The molecule has 20 heteroatoms. The molecule has 0 aromatic rings. The summed E-state index contributed by atoms with van der Waals surface area (Å²) in [7, 11) is -10.9. The maximum atomic E-state index is 12.2. The van der Waals surface area contributed by atoms with Crippen LogP contribution in [-0.4, -0.2) is 114 Å². The first kappa shape index (κ1) is 29.6. The summed E-state index contributed by atoms with van der Waals surface area (Å²) < 4.78 is 48.1. The van der Waals surface area contributed by atoms with Gasteiger partial charge in [0.05, 0.1) is 30.7 Å². The van der Waals surface area contributed by atoms with E-state index in [2.05, 4.69) is 37.9 Å². The number of thiol groups is 1. The van der Waals surface area contributed by atoms with Crippen molar-refractivity contribution in [3.05, 3.63) is 24.7 Å². The van der Waals surface area contributed by atoms with Crippen LogP contribution in [-0.2, 0) is 36.8 Å². The molecule has 8 N–H and O–H groups in total. The van der Waals surface area contributed by atoms with E-state index < -0.39 is 89.2 Å². The van der Waals surface area contributed by atoms with E-state index in [9.17, 15) is 49.2 Å². The fraction of sp³-hybridized carbons (Fsp3) is 0.688. The van der Waals surface area contributed by atoms with Crippen LogP contribution in [0.1, 0.15) is 0 Å². The molecule has 3 heterocycles. The van der Waals surface area contributed by atoms with Gasteiger partial charge in [0.25, 0.3) is 5.91 Å². The van der Waals surface area contributed by atoms with Gasteiger partial charge < -0.3 is 55.0 Å². The third-order valence-electron chi connectivity index (χ3n) is 5.27. The second kappa shape index (κ2) is 11.4. The summed E-state index contributed by atoms with van der Waals surface area (Å²) in [5.41, 5.74) is 0. The van der Waals surface area contributed by atoms with Crippen LogP contribution >= 0.6 is 28.3 Å². The van der Waals surface area contributed by atoms with Gasteiger partial charge in [-0.15, -0.1) is 0 Å². The van der Waals surface area contributed by atoms with E-state index in [1.54, 1.807) is 0 Å². The van der Waals surface area contributed by atoms with Crippen molar-refractivity contribution < 1.29 is 72.1 Å². The normalized spacial score (nSPS) is 40.6. The zero-order valence-corrected chi connectivity index (χ0v) is 20.8. The molecule has 0 aromatic heterocycles. The van der Waals surface area contributed by atoms with Crippen molar-refractivity contribution >= 4 is 34.2 Å². The predicted octanol–water partition coefficient (Wildman–Crippen LogP) is -3.16. The molecule has 1 amide bonds. The van der Waals surface area contributed by atoms with Crippen LogP contribution in [0, 0.1) is 0 Å². The molecule has 11 atom stereocenters. The number of carbonyl (C=O) groups is 1. The molecule has 0 aromatic carbocycles. The van der Waals surface area contributed by atoms with Crippen LogP contribution in [0.15, 0.2) is 24.7 Å². The fourth-order valence-corrected chi connectivity index (χ4v) is 5.95. The van der Waals surface area contributed by atoms with E-state index in [1.807, 2.05) is 0 Å². The highest BCUT2D eigenvalue weighted by atomic mass is 32.1. The van der Waals surface area contributed by atoms with Gasteiger partial charge in [0.15, 0.2) is 12.5 Å². The standard InChI is InChI=1S/C16H26N2O15P2S/c1-6-17-9(20)2-3-18(6)15-12(23)10(21)8(30-15)5-29-34(25,26)33-35(27,28)32-16-13(24)11(22)14(36)7(4-19)31-16/h2-3,7-8,10-16,19,21-24,36H,1,4-5H2,(H,17,20)(H,25,26)(H,27,28)/t7?,8-,10+,11-,12?,13?,14+,15-,16+/m1/s1. The first-order valence-electron chi connectivity index (χ1n) is 10.1. The predicted molar refractivity (Wildman–Crippen MR) is 117 cm³/mol. The molecule has 5 unspecified atom stereocenters. The van der Waals surface area contributed by atoms with Gasteiger partial charge in [-0.1, -0.05) is 6.58 Å². The number of carbonyl (C=O) groups excluding carboxylic acids is 1. The first-order chi connectivity index (χ1) is 16.7. The maximum Gasteiger partial charge on any atom is 0.483 e. The minimum Gasteiger partial charge on any atom is -0.394 e. The Hall–Kier alpha value is -0.920. The third-order valence-corrected chi connectivity index (χ3v) is 8.51. The Morgan fingerprint density at radius 2 is 1.72 bits per heavy atom. The monoisotopic (exact) mass is 580 g/mol. The molecule has 36 heavy (non-hydrogen) atoms. The van der Waals surface area contributed by atoms with Crippen molar-refractivity contribution in [2.24, 2.45) is 0 Å². The number of nitrogens with one attached hydrogen (secondary N) is 1. The van der Waals surface area contributed by atoms with Crippen molar-refractivity contribution in [1.29, 1.82) is 0 Å². The topological polar surface area (TPSA) is 254 Å². The van der Waals surface area contributed by atoms with Gasteiger partial charge in [-0.2, -0.15) is 16.9 Å². The number of amides is 1. The van der Waals surface area contributed by atoms with Gasteiger partial charge in [0.1, 0.15) is 30.2 Å². The van der Waals surface area contributed by atoms with E-state index in [1.165, 1.54) is 11.1 Å². The lowest BCUT2D eigenvalue weighted by Crippen LogP contribution is -2.57. The van der Waals surface area contributed by atoms with Crippen LogP contribution < -0.4 is 5.32 Å². The zero-order chi connectivity index (χ0) is 27.0. The van der Waals surface area contributed by atoms with Crippen LogP contribution in [0.25, 0.3) is 0 Å². The summed E-state index contributed by atoms with van der Waals surface area (Å²) in [6, 6.07) is 0. The Kier molecular flexibility index (Phi) is 9.42. The molecule has 0 bridgehead atoms. The molecule has 17 nitrogen and oxygen atoms in total. The molecular weight excluding hydrogens is 554 g/mol. The van der Waals surface area contributed by atoms with Crippen molar-refractivity contribution in [1.82, 2.24) is 10.2 Å². The average Bonchev–Trinajstić information content (AvgIpc) is 3.06. The zero-order valence-electron chi connectivity index (χ0n) is 18.2. The van der Waals surface area contributed by atoms with Crippen LogP contribution in [0.4, 0.5) is 0 Å². The smallest absolute Gasteiger partial charge is 0.394 e. The number of phosphoric acid groups is 2. The van der Waals surface area contributed by atoms with Gasteiger partial charge in [-0.25, -0.2) is 9.13 Å². The molecule has 0 saturated carbocycles. The van der Waals surface area contributed by atoms with Gasteiger partial charge >= 0.3 is 15.6 Å². The second-order valence-electron chi connectivity index (χ2n) is 7.82. The highest BCUT2D eigenvalue weighted by Gasteiger charge is 2.49. The molecule has 0 radical (unpaired) electrons. The Bertz CT molecular complexity index is 968. The molecule has 0 spiro atoms. The summed E-state index contributed by atoms with van der Waals surface area (Å²) >= 11 is 3.95. The van der Waals surface area contributed by atoms with Crippen molar-refractivity contribution in [3.63, 3.8) is 0 Å². The third kappa shape index (κ3) is 6.74. The maximum absolute atomic E-state index is 12.2. The SMILES string of the molecule is C=C1NC(=O)C=CN1[C@@H]1O[C@H](COP(=O)(O)OP(=O)(O)O[C@@H]2OC(CO)[C@H](S)[C@H](O)C2O)[C@H](O)C1O. The molecule has 0 aliphatic carbocycles.